The second-order valence-corrected chi connectivity index (χ2v) is 12.5. The Balaban J connectivity index is 2.08. The lowest BCUT2D eigenvalue weighted by Gasteiger charge is -2.32. The number of nitrogens with one attached hydrogen (secondary N) is 1. The summed E-state index contributed by atoms with van der Waals surface area (Å²) in [5.74, 6) is -1.09. The van der Waals surface area contributed by atoms with Gasteiger partial charge in [-0.15, -0.1) is 0 Å². The Labute approximate surface area is 248 Å². The van der Waals surface area contributed by atoms with Gasteiger partial charge in [-0.1, -0.05) is 70.7 Å². The zero-order chi connectivity index (χ0) is 28.9. The highest BCUT2D eigenvalue weighted by molar-refractivity contribution is 7.92. The third kappa shape index (κ3) is 7.58. The van der Waals surface area contributed by atoms with Crippen molar-refractivity contribution >= 4 is 73.9 Å². The number of carbonyl (C=O) groups is 2. The number of nitrogens with zero attached hydrogens (tertiary/aromatic N) is 2. The minimum absolute atomic E-state index is 0.0322. The molecule has 3 aromatic carbocycles. The van der Waals surface area contributed by atoms with Crippen LogP contribution in [0.4, 0.5) is 5.69 Å². The molecule has 0 saturated carbocycles. The van der Waals surface area contributed by atoms with E-state index in [2.05, 4.69) is 5.32 Å². The van der Waals surface area contributed by atoms with Gasteiger partial charge in [-0.3, -0.25) is 13.9 Å². The highest BCUT2D eigenvalue weighted by atomic mass is 35.5. The van der Waals surface area contributed by atoms with Crippen LogP contribution in [-0.4, -0.2) is 43.8 Å². The molecule has 0 heterocycles. The zero-order valence-corrected chi connectivity index (χ0v) is 25.2. The van der Waals surface area contributed by atoms with Gasteiger partial charge in [-0.25, -0.2) is 8.42 Å². The van der Waals surface area contributed by atoms with Crippen molar-refractivity contribution in [2.75, 3.05) is 10.8 Å². The molecule has 12 heteroatoms. The lowest BCUT2D eigenvalue weighted by atomic mass is 10.1. The highest BCUT2D eigenvalue weighted by Gasteiger charge is 2.33. The van der Waals surface area contributed by atoms with E-state index in [0.717, 1.165) is 4.31 Å². The van der Waals surface area contributed by atoms with Crippen molar-refractivity contribution in [3.8, 4) is 0 Å². The van der Waals surface area contributed by atoms with E-state index in [9.17, 15) is 18.0 Å². The molecule has 0 aromatic heterocycles. The van der Waals surface area contributed by atoms with Gasteiger partial charge in [-0.2, -0.15) is 0 Å². The van der Waals surface area contributed by atoms with Gasteiger partial charge in [0.05, 0.1) is 20.6 Å². The maximum absolute atomic E-state index is 13.9. The molecule has 3 aromatic rings. The monoisotopic (exact) mass is 629 g/mol. The van der Waals surface area contributed by atoms with Gasteiger partial charge >= 0.3 is 0 Å². The predicted molar refractivity (Wildman–Crippen MR) is 157 cm³/mol. The number of benzene rings is 3. The number of anilines is 1. The van der Waals surface area contributed by atoms with Crippen molar-refractivity contribution in [1.82, 2.24) is 10.2 Å². The van der Waals surface area contributed by atoms with Crippen LogP contribution in [0.2, 0.25) is 20.1 Å². The quantitative estimate of drug-likeness (QED) is 0.279. The van der Waals surface area contributed by atoms with Crippen LogP contribution >= 0.6 is 46.4 Å². The summed E-state index contributed by atoms with van der Waals surface area (Å²) in [5.41, 5.74) is 0.544. The van der Waals surface area contributed by atoms with Crippen molar-refractivity contribution in [3.63, 3.8) is 0 Å². The SMILES string of the molecule is CC(C)NC(=O)[C@@H](C)N(Cc1c(Cl)cccc1Cl)C(=O)CN(c1ccc(Cl)c(Cl)c1)S(=O)(=O)c1ccccc1. The smallest absolute Gasteiger partial charge is 0.264 e. The fraction of sp³-hybridized carbons (Fsp3) is 0.259. The van der Waals surface area contributed by atoms with Crippen LogP contribution in [0.15, 0.2) is 71.6 Å². The number of amides is 2. The molecule has 0 aliphatic rings. The highest BCUT2D eigenvalue weighted by Crippen LogP contribution is 2.31. The number of carbonyl (C=O) groups excluding carboxylic acids is 2. The Morgan fingerprint density at radius 2 is 1.44 bits per heavy atom. The van der Waals surface area contributed by atoms with Gasteiger partial charge in [0.1, 0.15) is 12.6 Å². The number of hydrogen-bond acceptors (Lipinski definition) is 4. The second kappa shape index (κ2) is 13.2. The zero-order valence-electron chi connectivity index (χ0n) is 21.4. The molecule has 39 heavy (non-hydrogen) atoms. The number of hydrogen-bond donors (Lipinski definition) is 1. The summed E-state index contributed by atoms with van der Waals surface area (Å²) in [6, 6.07) is 15.6. The van der Waals surface area contributed by atoms with E-state index in [4.69, 9.17) is 46.4 Å². The Morgan fingerprint density at radius 1 is 0.821 bits per heavy atom. The molecule has 0 aliphatic heterocycles. The van der Waals surface area contributed by atoms with E-state index in [-0.39, 0.29) is 33.2 Å². The van der Waals surface area contributed by atoms with Crippen LogP contribution in [0.5, 0.6) is 0 Å². The summed E-state index contributed by atoms with van der Waals surface area (Å²) in [5, 5.41) is 3.72. The Hall–Kier alpha value is -2.49. The first-order chi connectivity index (χ1) is 18.3. The Morgan fingerprint density at radius 3 is 2.00 bits per heavy atom. The predicted octanol–water partition coefficient (Wildman–Crippen LogP) is 6.44. The molecular formula is C27H27Cl4N3O4S. The molecule has 2 amide bonds. The van der Waals surface area contributed by atoms with Crippen molar-refractivity contribution in [3.05, 3.63) is 92.4 Å². The minimum atomic E-state index is -4.24. The topological polar surface area (TPSA) is 86.8 Å². The first kappa shape index (κ1) is 31.0. The van der Waals surface area contributed by atoms with Gasteiger partial charge < -0.3 is 10.2 Å². The summed E-state index contributed by atoms with van der Waals surface area (Å²) in [4.78, 5) is 28.1. The molecule has 0 spiro atoms. The normalized spacial score (nSPS) is 12.2. The maximum Gasteiger partial charge on any atom is 0.264 e. The molecule has 7 nitrogen and oxygen atoms in total. The lowest BCUT2D eigenvalue weighted by Crippen LogP contribution is -2.52. The van der Waals surface area contributed by atoms with E-state index in [1.165, 1.54) is 35.2 Å². The number of rotatable bonds is 10. The van der Waals surface area contributed by atoms with Crippen molar-refractivity contribution in [1.29, 1.82) is 0 Å². The first-order valence-electron chi connectivity index (χ1n) is 11.9. The molecule has 208 valence electrons. The van der Waals surface area contributed by atoms with Crippen molar-refractivity contribution < 1.29 is 18.0 Å². The second-order valence-electron chi connectivity index (χ2n) is 8.98. The molecule has 1 atom stereocenters. The maximum atomic E-state index is 13.9. The molecular weight excluding hydrogens is 604 g/mol. The van der Waals surface area contributed by atoms with Crippen LogP contribution in [0, 0.1) is 0 Å². The molecule has 0 fully saturated rings. The van der Waals surface area contributed by atoms with Gasteiger partial charge in [0, 0.05) is 28.2 Å². The summed E-state index contributed by atoms with van der Waals surface area (Å²) < 4.78 is 28.5. The Kier molecular flexibility index (Phi) is 10.5. The average molecular weight is 631 g/mol. The molecule has 0 aliphatic carbocycles. The third-order valence-electron chi connectivity index (χ3n) is 5.79. The molecule has 3 rings (SSSR count). The van der Waals surface area contributed by atoms with Crippen LogP contribution in [0.25, 0.3) is 0 Å². The van der Waals surface area contributed by atoms with Gasteiger partial charge in [0.25, 0.3) is 10.0 Å². The number of halogens is 4. The van der Waals surface area contributed by atoms with Crippen LogP contribution < -0.4 is 9.62 Å². The standard InChI is InChI=1S/C27H27Cl4N3O4S/c1-17(2)32-27(36)18(3)33(15-21-22(28)10-7-11-23(21)29)26(35)16-34(19-12-13-24(30)25(31)14-19)39(37,38)20-8-5-4-6-9-20/h4-14,17-18H,15-16H2,1-3H3,(H,32,36)/t18-/m1/s1. The summed E-state index contributed by atoms with van der Waals surface area (Å²) in [6.07, 6.45) is 0. The van der Waals surface area contributed by atoms with Crippen LogP contribution in [0.1, 0.15) is 26.3 Å². The van der Waals surface area contributed by atoms with Crippen molar-refractivity contribution in [2.24, 2.45) is 0 Å². The molecule has 0 radical (unpaired) electrons. The van der Waals surface area contributed by atoms with E-state index in [1.54, 1.807) is 57.2 Å². The summed E-state index contributed by atoms with van der Waals surface area (Å²) >= 11 is 25.0. The molecule has 0 saturated heterocycles. The fourth-order valence-electron chi connectivity index (χ4n) is 3.73. The van der Waals surface area contributed by atoms with E-state index in [0.29, 0.717) is 15.6 Å². The summed E-state index contributed by atoms with van der Waals surface area (Å²) in [6.45, 7) is 4.36. The molecule has 0 unspecified atom stereocenters. The van der Waals surface area contributed by atoms with Crippen LogP contribution in [0.3, 0.4) is 0 Å². The molecule has 0 bridgehead atoms. The number of sulfonamides is 1. The molecule has 1 N–H and O–H groups in total. The first-order valence-corrected chi connectivity index (χ1v) is 14.8. The van der Waals surface area contributed by atoms with Gasteiger partial charge in [-0.05, 0) is 63.2 Å². The largest absolute Gasteiger partial charge is 0.352 e. The van der Waals surface area contributed by atoms with E-state index >= 15 is 0 Å². The van der Waals surface area contributed by atoms with Crippen molar-refractivity contribution in [2.45, 2.75) is 44.3 Å². The van der Waals surface area contributed by atoms with Gasteiger partial charge in [0.15, 0.2) is 0 Å². The lowest BCUT2D eigenvalue weighted by molar-refractivity contribution is -0.139. The average Bonchev–Trinajstić information content (AvgIpc) is 2.88. The summed E-state index contributed by atoms with van der Waals surface area (Å²) in [7, 11) is -4.24. The van der Waals surface area contributed by atoms with Gasteiger partial charge in [0.2, 0.25) is 11.8 Å². The van der Waals surface area contributed by atoms with E-state index in [1.807, 2.05) is 0 Å². The fourth-order valence-corrected chi connectivity index (χ4v) is 5.97. The third-order valence-corrected chi connectivity index (χ3v) is 9.02. The minimum Gasteiger partial charge on any atom is -0.352 e. The van der Waals surface area contributed by atoms with Crippen LogP contribution in [-0.2, 0) is 26.2 Å². The Bertz CT molecular complexity index is 1430. The van der Waals surface area contributed by atoms with E-state index < -0.39 is 34.4 Å².